The maximum absolute atomic E-state index is 11.4. The number of primary amides is 1. The zero-order valence-electron chi connectivity index (χ0n) is 25.6. The average molecular weight is 623 g/mol. The summed E-state index contributed by atoms with van der Waals surface area (Å²) in [6.45, 7) is 6.25. The van der Waals surface area contributed by atoms with Crippen LogP contribution in [-0.2, 0) is 9.47 Å². The fourth-order valence-corrected chi connectivity index (χ4v) is 5.88. The van der Waals surface area contributed by atoms with Gasteiger partial charge in [0.1, 0.15) is 12.4 Å². The standard InChI is InChI=1S/C30H41ClN8O3.C2H2/c1-19(2)7-8-21(9-12-31)26(37-29(35-3)28(33)42-30(34)40)23(15-32)38-16-22-5-4-6-25-27(22)39(18-38)24(17-41-25)20-10-13-36-14-11-20;1-2/h7-11,13-14,19,22,24,33H,4-6,12,15-18,32H2,1-3H3,(H2,34,40)(H,35,37);1-2H/b8-7-,21-9+,26-23+,33-28?;/t22-,24-;/m0./s1. The fraction of sp³-hybridized carbons (Fsp3) is 0.438. The lowest BCUT2D eigenvalue weighted by Crippen LogP contribution is -2.54. The van der Waals surface area contributed by atoms with E-state index in [1.54, 1.807) is 0 Å². The Bertz CT molecular complexity index is 1350. The minimum atomic E-state index is -1.10. The Labute approximate surface area is 265 Å². The van der Waals surface area contributed by atoms with E-state index in [9.17, 15) is 4.79 Å². The van der Waals surface area contributed by atoms with E-state index < -0.39 is 12.0 Å². The Morgan fingerprint density at radius 2 is 2.09 bits per heavy atom. The number of alkyl halides is 1. The summed E-state index contributed by atoms with van der Waals surface area (Å²) >= 11 is 6.24. The Kier molecular flexibility index (Phi) is 12.9. The maximum atomic E-state index is 11.4. The molecule has 0 bridgehead atoms. The van der Waals surface area contributed by atoms with E-state index in [4.69, 9.17) is 38.0 Å². The van der Waals surface area contributed by atoms with Crippen molar-refractivity contribution in [2.45, 2.75) is 39.2 Å². The second-order valence-corrected chi connectivity index (χ2v) is 11.0. The molecule has 11 nitrogen and oxygen atoms in total. The number of amidine groups is 1. The number of carbonyl (C=O) groups excluding carboxylic acids is 1. The van der Waals surface area contributed by atoms with Crippen molar-refractivity contribution in [1.82, 2.24) is 20.1 Å². The van der Waals surface area contributed by atoms with Crippen LogP contribution in [0.4, 0.5) is 4.79 Å². The van der Waals surface area contributed by atoms with E-state index in [1.807, 2.05) is 36.7 Å². The van der Waals surface area contributed by atoms with Crippen molar-refractivity contribution < 1.29 is 14.3 Å². The topological polar surface area (TPSA) is 155 Å². The molecule has 0 radical (unpaired) electrons. The molecule has 1 saturated heterocycles. The van der Waals surface area contributed by atoms with Crippen LogP contribution in [0.2, 0.25) is 0 Å². The van der Waals surface area contributed by atoms with E-state index in [1.165, 1.54) is 12.7 Å². The van der Waals surface area contributed by atoms with E-state index in [2.05, 4.69) is 57.9 Å². The lowest BCUT2D eigenvalue weighted by atomic mass is 9.85. The van der Waals surface area contributed by atoms with Gasteiger partial charge in [0.25, 0.3) is 5.90 Å². The fourth-order valence-electron chi connectivity index (χ4n) is 5.71. The number of nitrogens with two attached hydrogens (primary N) is 2. The first-order valence-corrected chi connectivity index (χ1v) is 15.1. The monoisotopic (exact) mass is 622 g/mol. The van der Waals surface area contributed by atoms with E-state index in [-0.39, 0.29) is 36.1 Å². The molecule has 0 spiro atoms. The van der Waals surface area contributed by atoms with Crippen LogP contribution in [0.3, 0.4) is 0 Å². The van der Waals surface area contributed by atoms with Crippen LogP contribution in [0.1, 0.15) is 44.7 Å². The first kappa shape index (κ1) is 34.2. The number of terminal acetylenes is 1. The van der Waals surface area contributed by atoms with Crippen LogP contribution in [0.15, 0.2) is 76.2 Å². The molecule has 1 aromatic rings. The Balaban J connectivity index is 0.00000259. The number of aliphatic imine (C=N–C) groups is 1. The summed E-state index contributed by atoms with van der Waals surface area (Å²) in [7, 11) is 1.50. The molecule has 2 atom stereocenters. The lowest BCUT2D eigenvalue weighted by molar-refractivity contribution is -0.00857. The molecule has 3 heterocycles. The Morgan fingerprint density at radius 1 is 1.36 bits per heavy atom. The molecule has 0 unspecified atom stereocenters. The largest absolute Gasteiger partial charge is 0.494 e. The van der Waals surface area contributed by atoms with Gasteiger partial charge in [0, 0.05) is 50.7 Å². The normalized spacial score (nSPS) is 20.7. The first-order valence-electron chi connectivity index (χ1n) is 14.6. The highest BCUT2D eigenvalue weighted by Gasteiger charge is 2.42. The SMILES string of the molecule is C#C.CN=C(NC(/C(/C=C\C(C)C)=C/CCl)=C(\CN)N1C[C@@H]2CCCC3=C2N(C1)[C@H](c1ccncc1)CO3)C(=N)OC(N)=O. The quantitative estimate of drug-likeness (QED) is 0.110. The average Bonchev–Trinajstić information content (AvgIpc) is 3.02. The van der Waals surface area contributed by atoms with Gasteiger partial charge in [-0.2, -0.15) is 0 Å². The van der Waals surface area contributed by atoms with Gasteiger partial charge in [-0.15, -0.1) is 24.4 Å². The molecule has 6 N–H and O–H groups in total. The lowest BCUT2D eigenvalue weighted by Gasteiger charge is -2.52. The van der Waals surface area contributed by atoms with Gasteiger partial charge in [-0.05, 0) is 42.0 Å². The highest BCUT2D eigenvalue weighted by molar-refractivity contribution is 6.38. The third-order valence-electron chi connectivity index (χ3n) is 7.58. The van der Waals surface area contributed by atoms with Crippen molar-refractivity contribution in [3.63, 3.8) is 0 Å². The van der Waals surface area contributed by atoms with Crippen molar-refractivity contribution >= 4 is 29.4 Å². The number of nitrogens with one attached hydrogen (secondary N) is 2. The van der Waals surface area contributed by atoms with E-state index in [0.29, 0.717) is 19.0 Å². The number of hydrogen-bond acceptors (Lipinski definition) is 9. The molecule has 0 saturated carbocycles. The second-order valence-electron chi connectivity index (χ2n) is 10.7. The summed E-state index contributed by atoms with van der Waals surface area (Å²) in [6.07, 6.45) is 19.5. The molecule has 4 rings (SSSR count). The molecule has 1 amide bonds. The molecule has 3 aliphatic rings. The molecule has 12 heteroatoms. The Hall–Kier alpha value is -4.27. The number of allylic oxidation sites excluding steroid dienone is 4. The summed E-state index contributed by atoms with van der Waals surface area (Å²) in [5.41, 5.74) is 16.4. The number of aromatic nitrogens is 1. The van der Waals surface area contributed by atoms with Gasteiger partial charge >= 0.3 is 6.09 Å². The van der Waals surface area contributed by atoms with Crippen molar-refractivity contribution in [3.8, 4) is 12.8 Å². The summed E-state index contributed by atoms with van der Waals surface area (Å²) < 4.78 is 11.2. The van der Waals surface area contributed by atoms with Crippen LogP contribution in [-0.4, -0.2) is 71.9 Å². The number of pyridine rings is 1. The number of rotatable bonds is 8. The number of carbonyl (C=O) groups is 1. The first-order chi connectivity index (χ1) is 21.3. The summed E-state index contributed by atoms with van der Waals surface area (Å²) in [5, 5.41) is 11.5. The molecule has 44 heavy (non-hydrogen) atoms. The third-order valence-corrected chi connectivity index (χ3v) is 7.73. The van der Waals surface area contributed by atoms with Crippen molar-refractivity contribution in [2.75, 3.05) is 39.3 Å². The van der Waals surface area contributed by atoms with Gasteiger partial charge in [-0.3, -0.25) is 15.4 Å². The minimum absolute atomic E-state index is 0.0224. The van der Waals surface area contributed by atoms with Gasteiger partial charge in [0.2, 0.25) is 0 Å². The van der Waals surface area contributed by atoms with Gasteiger partial charge < -0.3 is 36.1 Å². The summed E-state index contributed by atoms with van der Waals surface area (Å²) in [5.74, 6) is 1.42. The van der Waals surface area contributed by atoms with Crippen LogP contribution in [0.5, 0.6) is 0 Å². The highest BCUT2D eigenvalue weighted by atomic mass is 35.5. The highest BCUT2D eigenvalue weighted by Crippen LogP contribution is 2.45. The predicted molar refractivity (Wildman–Crippen MR) is 174 cm³/mol. The summed E-state index contributed by atoms with van der Waals surface area (Å²) in [6, 6.07) is 4.10. The molecule has 1 aliphatic carbocycles. The second kappa shape index (κ2) is 16.5. The predicted octanol–water partition coefficient (Wildman–Crippen LogP) is 4.23. The minimum Gasteiger partial charge on any atom is -0.494 e. The smallest absolute Gasteiger partial charge is 0.411 e. The molecule has 1 fully saturated rings. The van der Waals surface area contributed by atoms with Crippen molar-refractivity contribution in [2.24, 2.45) is 28.3 Å². The third kappa shape index (κ3) is 8.21. The molecular weight excluding hydrogens is 580 g/mol. The number of nitrogens with zero attached hydrogens (tertiary/aromatic N) is 4. The van der Waals surface area contributed by atoms with Crippen LogP contribution in [0.25, 0.3) is 0 Å². The number of ether oxygens (including phenoxy) is 2. The van der Waals surface area contributed by atoms with Crippen LogP contribution in [0, 0.1) is 30.1 Å². The van der Waals surface area contributed by atoms with Gasteiger partial charge in [0.05, 0.1) is 29.8 Å². The maximum Gasteiger partial charge on any atom is 0.411 e. The number of amides is 1. The van der Waals surface area contributed by atoms with E-state index in [0.717, 1.165) is 48.4 Å². The summed E-state index contributed by atoms with van der Waals surface area (Å²) in [4.78, 5) is 24.5. The molecule has 236 valence electrons. The van der Waals surface area contributed by atoms with Gasteiger partial charge in [0.15, 0.2) is 5.84 Å². The molecule has 0 aromatic carbocycles. The van der Waals surface area contributed by atoms with Crippen molar-refractivity contribution in [3.05, 3.63) is 76.7 Å². The Morgan fingerprint density at radius 3 is 2.70 bits per heavy atom. The molecular formula is C32H43ClN8O3. The zero-order valence-corrected chi connectivity index (χ0v) is 26.4. The number of hydrogen-bond donors (Lipinski definition) is 4. The van der Waals surface area contributed by atoms with Gasteiger partial charge in [-0.1, -0.05) is 32.1 Å². The number of halogens is 1. The molecule has 2 aliphatic heterocycles. The van der Waals surface area contributed by atoms with E-state index >= 15 is 0 Å². The van der Waals surface area contributed by atoms with Crippen molar-refractivity contribution in [1.29, 1.82) is 5.41 Å². The zero-order chi connectivity index (χ0) is 32.2. The van der Waals surface area contributed by atoms with Crippen LogP contribution < -0.4 is 16.8 Å². The molecule has 1 aromatic heterocycles. The van der Waals surface area contributed by atoms with Gasteiger partial charge in [-0.25, -0.2) is 4.79 Å². The van der Waals surface area contributed by atoms with Crippen LogP contribution >= 0.6 is 11.6 Å².